The number of fused-ring (bicyclic) bond motifs is 1. The predicted octanol–water partition coefficient (Wildman–Crippen LogP) is 2.95. The van der Waals surface area contributed by atoms with Crippen molar-refractivity contribution in [1.82, 2.24) is 14.4 Å². The van der Waals surface area contributed by atoms with Crippen LogP contribution in [0.3, 0.4) is 0 Å². The molecule has 0 aliphatic heterocycles. The lowest BCUT2D eigenvalue weighted by Crippen LogP contribution is -2.22. The SMILES string of the molecule is CC(C)C(C)Nc1nc(Br)cn2ccnc12. The normalized spacial score (nSPS) is 13.3. The highest BCUT2D eigenvalue weighted by atomic mass is 79.9. The fourth-order valence-corrected chi connectivity index (χ4v) is 1.78. The molecule has 2 rings (SSSR count). The summed E-state index contributed by atoms with van der Waals surface area (Å²) in [4.78, 5) is 8.71. The van der Waals surface area contributed by atoms with Gasteiger partial charge in [-0.15, -0.1) is 0 Å². The predicted molar refractivity (Wildman–Crippen MR) is 68.6 cm³/mol. The Morgan fingerprint density at radius 2 is 2.12 bits per heavy atom. The first-order valence-corrected chi connectivity index (χ1v) is 6.13. The zero-order chi connectivity index (χ0) is 11.7. The fraction of sp³-hybridized carbons (Fsp3) is 0.455. The molecule has 5 heteroatoms. The molecule has 4 nitrogen and oxygen atoms in total. The van der Waals surface area contributed by atoms with Crippen molar-refractivity contribution in [3.05, 3.63) is 23.2 Å². The maximum atomic E-state index is 4.42. The maximum Gasteiger partial charge on any atom is 0.180 e. The Morgan fingerprint density at radius 1 is 1.38 bits per heavy atom. The molecule has 0 saturated heterocycles. The zero-order valence-corrected chi connectivity index (χ0v) is 11.2. The molecule has 0 aromatic carbocycles. The third-order valence-electron chi connectivity index (χ3n) is 2.71. The minimum absolute atomic E-state index is 0.363. The van der Waals surface area contributed by atoms with Gasteiger partial charge in [-0.1, -0.05) is 13.8 Å². The largest absolute Gasteiger partial charge is 0.364 e. The van der Waals surface area contributed by atoms with E-state index in [1.165, 1.54) is 0 Å². The lowest BCUT2D eigenvalue weighted by atomic mass is 10.1. The Morgan fingerprint density at radius 3 is 2.81 bits per heavy atom. The van der Waals surface area contributed by atoms with Gasteiger partial charge >= 0.3 is 0 Å². The summed E-state index contributed by atoms with van der Waals surface area (Å²) in [5.74, 6) is 1.37. The van der Waals surface area contributed by atoms with E-state index in [0.717, 1.165) is 16.1 Å². The fourth-order valence-electron chi connectivity index (χ4n) is 1.38. The van der Waals surface area contributed by atoms with Crippen LogP contribution in [0.25, 0.3) is 5.65 Å². The van der Waals surface area contributed by atoms with Crippen LogP contribution in [0.1, 0.15) is 20.8 Å². The van der Waals surface area contributed by atoms with Crippen LogP contribution in [0, 0.1) is 5.92 Å². The number of halogens is 1. The first-order valence-electron chi connectivity index (χ1n) is 5.33. The Kier molecular flexibility index (Phi) is 3.14. The molecule has 0 fully saturated rings. The van der Waals surface area contributed by atoms with E-state index in [-0.39, 0.29) is 0 Å². The highest BCUT2D eigenvalue weighted by Crippen LogP contribution is 2.18. The van der Waals surface area contributed by atoms with E-state index in [4.69, 9.17) is 0 Å². The zero-order valence-electron chi connectivity index (χ0n) is 9.61. The smallest absolute Gasteiger partial charge is 0.180 e. The summed E-state index contributed by atoms with van der Waals surface area (Å²) in [6.07, 6.45) is 5.58. The van der Waals surface area contributed by atoms with Crippen molar-refractivity contribution in [2.75, 3.05) is 5.32 Å². The van der Waals surface area contributed by atoms with Crippen molar-refractivity contribution in [3.63, 3.8) is 0 Å². The second kappa shape index (κ2) is 4.41. The Bertz CT molecular complexity index is 492. The van der Waals surface area contributed by atoms with Crippen molar-refractivity contribution in [2.24, 2.45) is 5.92 Å². The highest BCUT2D eigenvalue weighted by molar-refractivity contribution is 9.10. The van der Waals surface area contributed by atoms with Crippen molar-refractivity contribution in [3.8, 4) is 0 Å². The number of anilines is 1. The number of hydrogen-bond donors (Lipinski definition) is 1. The number of nitrogens with one attached hydrogen (secondary N) is 1. The molecule has 0 aliphatic carbocycles. The van der Waals surface area contributed by atoms with Gasteiger partial charge in [-0.05, 0) is 28.8 Å². The molecular formula is C11H15BrN4. The first kappa shape index (κ1) is 11.4. The summed E-state index contributed by atoms with van der Waals surface area (Å²) in [7, 11) is 0. The van der Waals surface area contributed by atoms with Crippen LogP contribution >= 0.6 is 15.9 Å². The Hall–Kier alpha value is -1.10. The van der Waals surface area contributed by atoms with Crippen LogP contribution in [0.4, 0.5) is 5.82 Å². The Balaban J connectivity index is 2.39. The Labute approximate surface area is 103 Å². The lowest BCUT2D eigenvalue weighted by Gasteiger charge is -2.18. The second-order valence-corrected chi connectivity index (χ2v) is 5.06. The molecule has 0 radical (unpaired) electrons. The van der Waals surface area contributed by atoms with Crippen LogP contribution < -0.4 is 5.32 Å². The second-order valence-electron chi connectivity index (χ2n) is 4.25. The molecule has 2 heterocycles. The summed E-state index contributed by atoms with van der Waals surface area (Å²) in [6.45, 7) is 6.50. The molecule has 16 heavy (non-hydrogen) atoms. The van der Waals surface area contributed by atoms with Gasteiger partial charge in [0, 0.05) is 24.6 Å². The molecule has 0 spiro atoms. The summed E-state index contributed by atoms with van der Waals surface area (Å²) in [5, 5.41) is 3.39. The van der Waals surface area contributed by atoms with E-state index in [9.17, 15) is 0 Å². The topological polar surface area (TPSA) is 42.2 Å². The van der Waals surface area contributed by atoms with Crippen LogP contribution in [0.15, 0.2) is 23.2 Å². The van der Waals surface area contributed by atoms with Crippen LogP contribution in [0.5, 0.6) is 0 Å². The van der Waals surface area contributed by atoms with Crippen molar-refractivity contribution in [1.29, 1.82) is 0 Å². The van der Waals surface area contributed by atoms with E-state index in [2.05, 4.69) is 52.0 Å². The van der Waals surface area contributed by atoms with E-state index in [1.807, 2.05) is 16.8 Å². The van der Waals surface area contributed by atoms with Gasteiger partial charge in [-0.25, -0.2) is 9.97 Å². The van der Waals surface area contributed by atoms with Gasteiger partial charge in [0.05, 0.1) is 0 Å². The van der Waals surface area contributed by atoms with Crippen LogP contribution in [0.2, 0.25) is 0 Å². The number of nitrogens with zero attached hydrogens (tertiary/aromatic N) is 3. The molecule has 0 amide bonds. The minimum atomic E-state index is 0.363. The molecule has 1 atom stereocenters. The number of hydrogen-bond acceptors (Lipinski definition) is 3. The van der Waals surface area contributed by atoms with Crippen LogP contribution in [-0.4, -0.2) is 20.4 Å². The number of aromatic nitrogens is 3. The molecule has 0 saturated carbocycles. The van der Waals surface area contributed by atoms with Gasteiger partial charge in [-0.3, -0.25) is 0 Å². The van der Waals surface area contributed by atoms with Crippen molar-refractivity contribution in [2.45, 2.75) is 26.8 Å². The van der Waals surface area contributed by atoms with E-state index < -0.39 is 0 Å². The molecule has 2 aromatic rings. The van der Waals surface area contributed by atoms with Crippen molar-refractivity contribution >= 4 is 27.4 Å². The van der Waals surface area contributed by atoms with Gasteiger partial charge in [0.15, 0.2) is 11.5 Å². The van der Waals surface area contributed by atoms with Crippen molar-refractivity contribution < 1.29 is 0 Å². The molecule has 0 bridgehead atoms. The minimum Gasteiger partial charge on any atom is -0.364 e. The lowest BCUT2D eigenvalue weighted by molar-refractivity contribution is 0.558. The van der Waals surface area contributed by atoms with Gasteiger partial charge in [-0.2, -0.15) is 0 Å². The van der Waals surface area contributed by atoms with Gasteiger partial charge < -0.3 is 9.72 Å². The first-order chi connectivity index (χ1) is 7.58. The average Bonchev–Trinajstić information content (AvgIpc) is 2.65. The van der Waals surface area contributed by atoms with Gasteiger partial charge in [0.25, 0.3) is 0 Å². The summed E-state index contributed by atoms with van der Waals surface area (Å²) >= 11 is 3.40. The third-order valence-corrected chi connectivity index (χ3v) is 3.09. The standard InChI is InChI=1S/C11H15BrN4/c1-7(2)8(3)14-10-11-13-4-5-16(11)6-9(12)15-10/h4-8H,1-3H3,(H,14,15). The summed E-state index contributed by atoms with van der Waals surface area (Å²) in [6, 6.07) is 0.363. The van der Waals surface area contributed by atoms with Crippen LogP contribution in [-0.2, 0) is 0 Å². The van der Waals surface area contributed by atoms with E-state index in [0.29, 0.717) is 12.0 Å². The average molecular weight is 283 g/mol. The van der Waals surface area contributed by atoms with E-state index in [1.54, 1.807) is 6.20 Å². The quantitative estimate of drug-likeness (QED) is 0.941. The summed E-state index contributed by atoms with van der Waals surface area (Å²) in [5.41, 5.74) is 0.857. The maximum absolute atomic E-state index is 4.42. The van der Waals surface area contributed by atoms with Gasteiger partial charge in [0.1, 0.15) is 4.60 Å². The molecule has 1 unspecified atom stereocenters. The highest BCUT2D eigenvalue weighted by Gasteiger charge is 2.11. The molecule has 2 aromatic heterocycles. The van der Waals surface area contributed by atoms with E-state index >= 15 is 0 Å². The number of rotatable bonds is 3. The molecule has 86 valence electrons. The van der Waals surface area contributed by atoms with Gasteiger partial charge in [0.2, 0.25) is 0 Å². The summed E-state index contributed by atoms with van der Waals surface area (Å²) < 4.78 is 2.75. The molecular weight excluding hydrogens is 268 g/mol. The molecule has 1 N–H and O–H groups in total. The number of imidazole rings is 1. The molecule has 0 aliphatic rings. The monoisotopic (exact) mass is 282 g/mol. The third kappa shape index (κ3) is 2.19.